The maximum Gasteiger partial charge on any atom is 0.435 e. The summed E-state index contributed by atoms with van der Waals surface area (Å²) in [4.78, 5) is 0. The average molecular weight is 235 g/mol. The second-order valence-corrected chi connectivity index (χ2v) is 3.94. The summed E-state index contributed by atoms with van der Waals surface area (Å²) in [5.41, 5.74) is 5.18. The van der Waals surface area contributed by atoms with Crippen LogP contribution in [-0.4, -0.2) is 9.78 Å². The zero-order chi connectivity index (χ0) is 12.5. The Bertz CT molecular complexity index is 355. The molecule has 0 saturated carbocycles. The van der Waals surface area contributed by atoms with Crippen LogP contribution in [0.2, 0.25) is 0 Å². The van der Waals surface area contributed by atoms with Crippen molar-refractivity contribution in [2.24, 2.45) is 5.73 Å². The molecule has 1 unspecified atom stereocenters. The van der Waals surface area contributed by atoms with Crippen LogP contribution in [0.4, 0.5) is 13.2 Å². The highest BCUT2D eigenvalue weighted by molar-refractivity contribution is 5.16. The van der Waals surface area contributed by atoms with Gasteiger partial charge in [-0.1, -0.05) is 6.92 Å². The Morgan fingerprint density at radius 2 is 2.00 bits per heavy atom. The highest BCUT2D eigenvalue weighted by atomic mass is 19.4. The normalized spacial score (nSPS) is 16.2. The first-order valence-corrected chi connectivity index (χ1v) is 5.19. The number of rotatable bonds is 3. The van der Waals surface area contributed by atoms with Gasteiger partial charge in [0.1, 0.15) is 0 Å². The van der Waals surface area contributed by atoms with Crippen LogP contribution < -0.4 is 5.73 Å². The number of hydrogen-bond acceptors (Lipinski definition) is 2. The van der Waals surface area contributed by atoms with Crippen LogP contribution in [0, 0.1) is 0 Å². The van der Waals surface area contributed by atoms with E-state index < -0.39 is 17.9 Å². The molecule has 0 aliphatic heterocycles. The molecule has 3 nitrogen and oxygen atoms in total. The third-order valence-corrected chi connectivity index (χ3v) is 2.53. The summed E-state index contributed by atoms with van der Waals surface area (Å²) < 4.78 is 38.9. The fourth-order valence-electron chi connectivity index (χ4n) is 1.41. The molecule has 1 aromatic heterocycles. The van der Waals surface area contributed by atoms with Crippen molar-refractivity contribution < 1.29 is 13.2 Å². The minimum absolute atomic E-state index is 0.0860. The summed E-state index contributed by atoms with van der Waals surface area (Å²) in [5, 5.41) is 3.59. The molecule has 0 bridgehead atoms. The lowest BCUT2D eigenvalue weighted by Crippen LogP contribution is -2.16. The molecule has 0 aliphatic carbocycles. The molecule has 0 aromatic carbocycles. The summed E-state index contributed by atoms with van der Waals surface area (Å²) in [6, 6.07) is 0.478. The van der Waals surface area contributed by atoms with E-state index in [1.54, 1.807) is 6.92 Å². The van der Waals surface area contributed by atoms with Gasteiger partial charge in [-0.15, -0.1) is 0 Å². The Hall–Kier alpha value is -1.04. The Morgan fingerprint density at radius 1 is 1.44 bits per heavy atom. The van der Waals surface area contributed by atoms with E-state index in [2.05, 4.69) is 5.10 Å². The van der Waals surface area contributed by atoms with Crippen molar-refractivity contribution >= 4 is 0 Å². The smallest absolute Gasteiger partial charge is 0.323 e. The minimum Gasteiger partial charge on any atom is -0.323 e. The Kier molecular flexibility index (Phi) is 3.62. The Labute approximate surface area is 92.4 Å². The molecule has 92 valence electrons. The molecule has 2 atom stereocenters. The third-order valence-electron chi connectivity index (χ3n) is 2.53. The van der Waals surface area contributed by atoms with Gasteiger partial charge in [0.05, 0.1) is 5.69 Å². The van der Waals surface area contributed by atoms with Crippen molar-refractivity contribution in [3.05, 3.63) is 17.5 Å². The van der Waals surface area contributed by atoms with Gasteiger partial charge >= 0.3 is 6.18 Å². The van der Waals surface area contributed by atoms with E-state index >= 15 is 0 Å². The maximum absolute atomic E-state index is 12.5. The van der Waals surface area contributed by atoms with Crippen molar-refractivity contribution in [2.45, 2.75) is 45.5 Å². The standard InChI is InChI=1S/C10H16F3N3/c1-4-6(2)16-8(7(3)14)5-9(15-16)10(11,12)13/h5-7H,4,14H2,1-3H3/t6?,7-/m0/s1. The Morgan fingerprint density at radius 3 is 2.38 bits per heavy atom. The van der Waals surface area contributed by atoms with Gasteiger partial charge in [-0.05, 0) is 26.3 Å². The molecular weight excluding hydrogens is 219 g/mol. The average Bonchev–Trinajstić information content (AvgIpc) is 2.60. The molecule has 0 aliphatic rings. The van der Waals surface area contributed by atoms with Crippen LogP contribution in [0.25, 0.3) is 0 Å². The second-order valence-electron chi connectivity index (χ2n) is 3.94. The van der Waals surface area contributed by atoms with E-state index in [4.69, 9.17) is 5.73 Å². The van der Waals surface area contributed by atoms with Crippen molar-refractivity contribution in [3.63, 3.8) is 0 Å². The predicted octanol–water partition coefficient (Wildman–Crippen LogP) is 2.89. The van der Waals surface area contributed by atoms with Gasteiger partial charge in [0.2, 0.25) is 0 Å². The van der Waals surface area contributed by atoms with Gasteiger partial charge in [0.15, 0.2) is 5.69 Å². The van der Waals surface area contributed by atoms with Crippen LogP contribution in [0.3, 0.4) is 0 Å². The molecule has 16 heavy (non-hydrogen) atoms. The molecule has 6 heteroatoms. The highest BCUT2D eigenvalue weighted by Crippen LogP contribution is 2.31. The SMILES string of the molecule is CCC(C)n1nc(C(F)(F)F)cc1[C@H](C)N. The van der Waals surface area contributed by atoms with Gasteiger partial charge in [0, 0.05) is 12.1 Å². The zero-order valence-corrected chi connectivity index (χ0v) is 9.54. The van der Waals surface area contributed by atoms with Crippen molar-refractivity contribution in [3.8, 4) is 0 Å². The van der Waals surface area contributed by atoms with Gasteiger partial charge in [0.25, 0.3) is 0 Å². The van der Waals surface area contributed by atoms with Crippen LogP contribution in [0.5, 0.6) is 0 Å². The van der Waals surface area contributed by atoms with E-state index in [-0.39, 0.29) is 6.04 Å². The summed E-state index contributed by atoms with van der Waals surface area (Å²) in [6.45, 7) is 5.36. The molecule has 0 saturated heterocycles. The van der Waals surface area contributed by atoms with Crippen LogP contribution in [0.15, 0.2) is 6.07 Å². The Balaban J connectivity index is 3.20. The van der Waals surface area contributed by atoms with E-state index in [9.17, 15) is 13.2 Å². The lowest BCUT2D eigenvalue weighted by molar-refractivity contribution is -0.141. The number of nitrogens with zero attached hydrogens (tertiary/aromatic N) is 2. The topological polar surface area (TPSA) is 43.8 Å². The van der Waals surface area contributed by atoms with Gasteiger partial charge in [-0.25, -0.2) is 0 Å². The zero-order valence-electron chi connectivity index (χ0n) is 9.54. The molecule has 1 rings (SSSR count). The monoisotopic (exact) mass is 235 g/mol. The molecule has 0 amide bonds. The molecule has 1 aromatic rings. The molecule has 2 N–H and O–H groups in total. The van der Waals surface area contributed by atoms with Gasteiger partial charge in [-0.2, -0.15) is 18.3 Å². The first-order chi connectivity index (χ1) is 7.27. The van der Waals surface area contributed by atoms with E-state index in [1.165, 1.54) is 4.68 Å². The van der Waals surface area contributed by atoms with Gasteiger partial charge < -0.3 is 5.73 Å². The summed E-state index contributed by atoms with van der Waals surface area (Å²) in [6.07, 6.45) is -3.71. The largest absolute Gasteiger partial charge is 0.435 e. The summed E-state index contributed by atoms with van der Waals surface area (Å²) in [5.74, 6) is 0. The lowest BCUT2D eigenvalue weighted by Gasteiger charge is -2.15. The quantitative estimate of drug-likeness (QED) is 0.875. The molecule has 1 heterocycles. The predicted molar refractivity (Wildman–Crippen MR) is 54.8 cm³/mol. The van der Waals surface area contributed by atoms with E-state index in [1.807, 2.05) is 13.8 Å². The minimum atomic E-state index is -4.41. The second kappa shape index (κ2) is 4.45. The number of alkyl halides is 3. The van der Waals surface area contributed by atoms with E-state index in [0.717, 1.165) is 6.07 Å². The number of hydrogen-bond donors (Lipinski definition) is 1. The van der Waals surface area contributed by atoms with Crippen molar-refractivity contribution in [2.75, 3.05) is 0 Å². The third kappa shape index (κ3) is 2.55. The summed E-state index contributed by atoms with van der Waals surface area (Å²) in [7, 11) is 0. The lowest BCUT2D eigenvalue weighted by atomic mass is 10.2. The van der Waals surface area contributed by atoms with Crippen molar-refractivity contribution in [1.29, 1.82) is 0 Å². The van der Waals surface area contributed by atoms with Gasteiger partial charge in [-0.3, -0.25) is 4.68 Å². The molecular formula is C10H16F3N3. The molecule has 0 spiro atoms. The number of aromatic nitrogens is 2. The summed E-state index contributed by atoms with van der Waals surface area (Å²) >= 11 is 0. The van der Waals surface area contributed by atoms with Crippen LogP contribution in [0.1, 0.15) is 50.7 Å². The number of nitrogens with two attached hydrogens (primary N) is 1. The maximum atomic E-state index is 12.5. The van der Waals surface area contributed by atoms with Crippen LogP contribution in [-0.2, 0) is 6.18 Å². The van der Waals surface area contributed by atoms with Crippen molar-refractivity contribution in [1.82, 2.24) is 9.78 Å². The highest BCUT2D eigenvalue weighted by Gasteiger charge is 2.35. The van der Waals surface area contributed by atoms with E-state index in [0.29, 0.717) is 12.1 Å². The van der Waals surface area contributed by atoms with Crippen LogP contribution >= 0.6 is 0 Å². The molecule has 0 radical (unpaired) electrons. The fraction of sp³-hybridized carbons (Fsp3) is 0.700. The first-order valence-electron chi connectivity index (χ1n) is 5.19. The number of halogens is 3. The molecule has 0 fully saturated rings. The first kappa shape index (κ1) is 13.0. The fourth-order valence-corrected chi connectivity index (χ4v) is 1.41.